The van der Waals surface area contributed by atoms with Crippen molar-refractivity contribution in [2.24, 2.45) is 5.73 Å². The summed E-state index contributed by atoms with van der Waals surface area (Å²) < 4.78 is 15.7. The number of amides is 1. The molecular formula is C25H24FN3O2. The quantitative estimate of drug-likeness (QED) is 0.544. The van der Waals surface area contributed by atoms with Crippen molar-refractivity contribution in [2.75, 3.05) is 6.54 Å². The van der Waals surface area contributed by atoms with E-state index in [1.54, 1.807) is 0 Å². The number of H-pyrrole nitrogens is 1. The van der Waals surface area contributed by atoms with Gasteiger partial charge in [-0.05, 0) is 66.5 Å². The van der Waals surface area contributed by atoms with Gasteiger partial charge in [-0.15, -0.1) is 0 Å². The van der Waals surface area contributed by atoms with Crippen molar-refractivity contribution < 1.29 is 14.0 Å². The first-order valence-corrected chi connectivity index (χ1v) is 10.6. The Kier molecular flexibility index (Phi) is 4.55. The van der Waals surface area contributed by atoms with Crippen LogP contribution in [0.15, 0.2) is 36.9 Å². The van der Waals surface area contributed by atoms with Gasteiger partial charge < -0.3 is 16.0 Å². The van der Waals surface area contributed by atoms with Crippen LogP contribution in [-0.4, -0.2) is 23.2 Å². The molecule has 1 atom stereocenters. The number of primary amides is 1. The van der Waals surface area contributed by atoms with E-state index in [0.29, 0.717) is 30.0 Å². The van der Waals surface area contributed by atoms with Crippen molar-refractivity contribution in [1.82, 2.24) is 10.3 Å². The number of ketones is 1. The monoisotopic (exact) mass is 417 g/mol. The van der Waals surface area contributed by atoms with E-state index in [0.717, 1.165) is 46.2 Å². The summed E-state index contributed by atoms with van der Waals surface area (Å²) in [6, 6.07) is 6.42. The maximum Gasteiger partial charge on any atom is 0.250 e. The molecule has 3 aromatic rings. The molecule has 1 unspecified atom stereocenters. The van der Waals surface area contributed by atoms with Gasteiger partial charge in [0.1, 0.15) is 5.82 Å². The van der Waals surface area contributed by atoms with Gasteiger partial charge >= 0.3 is 0 Å². The van der Waals surface area contributed by atoms with E-state index < -0.39 is 17.8 Å². The first-order valence-electron chi connectivity index (χ1n) is 10.6. The summed E-state index contributed by atoms with van der Waals surface area (Å²) in [4.78, 5) is 27.8. The van der Waals surface area contributed by atoms with Crippen molar-refractivity contribution >= 4 is 22.6 Å². The van der Waals surface area contributed by atoms with E-state index in [2.05, 4.69) is 16.9 Å². The molecule has 2 aliphatic rings. The van der Waals surface area contributed by atoms with Gasteiger partial charge in [0.15, 0.2) is 5.78 Å². The summed E-state index contributed by atoms with van der Waals surface area (Å²) in [5.41, 5.74) is 11.4. The minimum Gasteiger partial charge on any atom is -0.366 e. The molecule has 5 rings (SSSR count). The Balaban J connectivity index is 1.84. The topological polar surface area (TPSA) is 88.0 Å². The molecular weight excluding hydrogens is 393 g/mol. The maximum absolute atomic E-state index is 15.7. The van der Waals surface area contributed by atoms with E-state index in [9.17, 15) is 9.59 Å². The SMILES string of the molecule is C=CC(=O)C1NCCc2c(-c3c(F)cc(C(N)=O)c4[nH]c(C)c(C5CC5)c34)cccc21. The van der Waals surface area contributed by atoms with E-state index >= 15 is 4.39 Å². The van der Waals surface area contributed by atoms with Crippen molar-refractivity contribution in [3.63, 3.8) is 0 Å². The number of fused-ring (bicyclic) bond motifs is 2. The number of aromatic nitrogens is 1. The summed E-state index contributed by atoms with van der Waals surface area (Å²) in [5.74, 6) is -0.883. The maximum atomic E-state index is 15.7. The number of hydrogen-bond donors (Lipinski definition) is 3. The molecule has 1 saturated carbocycles. The molecule has 31 heavy (non-hydrogen) atoms. The van der Waals surface area contributed by atoms with Crippen molar-refractivity contribution in [3.8, 4) is 11.1 Å². The zero-order valence-corrected chi connectivity index (χ0v) is 17.3. The van der Waals surface area contributed by atoms with Crippen LogP contribution in [-0.2, 0) is 11.2 Å². The standard InChI is InChI=1S/C25H24FN3O2/c1-3-19(30)23-16-6-4-5-15(14(16)9-10-28-23)21-18(26)11-17(25(27)31)24-22(21)20(12(2)29-24)13-7-8-13/h3-6,11,13,23,28-29H,1,7-10H2,2H3,(H2,27,31). The molecule has 0 bridgehead atoms. The average Bonchev–Trinajstić information content (AvgIpc) is 3.53. The Morgan fingerprint density at radius 1 is 1.29 bits per heavy atom. The molecule has 1 aromatic heterocycles. The summed E-state index contributed by atoms with van der Waals surface area (Å²) in [6.45, 7) is 6.19. The summed E-state index contributed by atoms with van der Waals surface area (Å²) >= 11 is 0. The van der Waals surface area contributed by atoms with E-state index in [-0.39, 0.29) is 11.3 Å². The number of rotatable bonds is 5. The second-order valence-corrected chi connectivity index (χ2v) is 8.45. The summed E-state index contributed by atoms with van der Waals surface area (Å²) in [5, 5.41) is 3.99. The van der Waals surface area contributed by atoms with Gasteiger partial charge in [-0.1, -0.05) is 24.8 Å². The van der Waals surface area contributed by atoms with Crippen LogP contribution in [0.4, 0.5) is 4.39 Å². The lowest BCUT2D eigenvalue weighted by Gasteiger charge is -2.27. The van der Waals surface area contributed by atoms with Crippen LogP contribution in [0, 0.1) is 12.7 Å². The van der Waals surface area contributed by atoms with Crippen LogP contribution in [0.2, 0.25) is 0 Å². The Bertz CT molecular complexity index is 1270. The molecule has 2 heterocycles. The fraction of sp³-hybridized carbons (Fsp3) is 0.280. The van der Waals surface area contributed by atoms with Crippen molar-refractivity contribution in [3.05, 3.63) is 70.7 Å². The van der Waals surface area contributed by atoms with E-state index in [4.69, 9.17) is 5.73 Å². The second kappa shape index (κ2) is 7.17. The number of nitrogens with two attached hydrogens (primary N) is 1. The van der Waals surface area contributed by atoms with Gasteiger partial charge in [0.05, 0.1) is 17.1 Å². The molecule has 4 N–H and O–H groups in total. The Morgan fingerprint density at radius 3 is 2.74 bits per heavy atom. The fourth-order valence-electron chi connectivity index (χ4n) is 5.04. The number of halogens is 1. The number of carbonyl (C=O) groups excluding carboxylic acids is 2. The van der Waals surface area contributed by atoms with Crippen LogP contribution in [0.5, 0.6) is 0 Å². The molecule has 1 fully saturated rings. The molecule has 6 heteroatoms. The summed E-state index contributed by atoms with van der Waals surface area (Å²) in [6.07, 6.45) is 4.08. The lowest BCUT2D eigenvalue weighted by atomic mass is 9.84. The van der Waals surface area contributed by atoms with Crippen LogP contribution in [0.3, 0.4) is 0 Å². The average molecular weight is 417 g/mol. The zero-order valence-electron chi connectivity index (χ0n) is 17.3. The molecule has 1 amide bonds. The highest BCUT2D eigenvalue weighted by Gasteiger charge is 2.33. The third-order valence-corrected chi connectivity index (χ3v) is 6.52. The molecule has 1 aliphatic carbocycles. The number of benzene rings is 2. The molecule has 2 aromatic carbocycles. The van der Waals surface area contributed by atoms with Crippen LogP contribution >= 0.6 is 0 Å². The van der Waals surface area contributed by atoms with Gasteiger partial charge in [-0.3, -0.25) is 9.59 Å². The first-order chi connectivity index (χ1) is 14.9. The van der Waals surface area contributed by atoms with Gasteiger partial charge in [-0.2, -0.15) is 0 Å². The van der Waals surface area contributed by atoms with E-state index in [1.807, 2.05) is 25.1 Å². The molecule has 0 radical (unpaired) electrons. The predicted octanol–water partition coefficient (Wildman–Crippen LogP) is 4.20. The number of aromatic amines is 1. The predicted molar refractivity (Wildman–Crippen MR) is 119 cm³/mol. The number of hydrogen-bond acceptors (Lipinski definition) is 3. The smallest absolute Gasteiger partial charge is 0.250 e. The summed E-state index contributed by atoms with van der Waals surface area (Å²) in [7, 11) is 0. The third-order valence-electron chi connectivity index (χ3n) is 6.52. The highest BCUT2D eigenvalue weighted by atomic mass is 19.1. The fourth-order valence-corrected chi connectivity index (χ4v) is 5.04. The number of aryl methyl sites for hydroxylation is 1. The van der Waals surface area contributed by atoms with Crippen LogP contribution < -0.4 is 11.1 Å². The van der Waals surface area contributed by atoms with Gasteiger partial charge in [0.2, 0.25) is 0 Å². The molecule has 5 nitrogen and oxygen atoms in total. The molecule has 0 saturated heterocycles. The van der Waals surface area contributed by atoms with Crippen molar-refractivity contribution in [2.45, 2.75) is 38.1 Å². The largest absolute Gasteiger partial charge is 0.366 e. The van der Waals surface area contributed by atoms with Crippen molar-refractivity contribution in [1.29, 1.82) is 0 Å². The van der Waals surface area contributed by atoms with Gasteiger partial charge in [0, 0.05) is 23.2 Å². The first kappa shape index (κ1) is 19.7. The molecule has 0 spiro atoms. The Hall–Kier alpha value is -3.25. The van der Waals surface area contributed by atoms with E-state index in [1.165, 1.54) is 12.1 Å². The second-order valence-electron chi connectivity index (χ2n) is 8.45. The van der Waals surface area contributed by atoms with Crippen LogP contribution in [0.25, 0.3) is 22.0 Å². The Morgan fingerprint density at radius 2 is 2.06 bits per heavy atom. The molecule has 158 valence electrons. The number of nitrogens with one attached hydrogen (secondary N) is 2. The zero-order chi connectivity index (χ0) is 21.9. The minimum atomic E-state index is -0.657. The van der Waals surface area contributed by atoms with Gasteiger partial charge in [0.25, 0.3) is 5.91 Å². The van der Waals surface area contributed by atoms with Gasteiger partial charge in [-0.25, -0.2) is 4.39 Å². The third kappa shape index (κ3) is 3.01. The lowest BCUT2D eigenvalue weighted by Crippen LogP contribution is -2.34. The highest BCUT2D eigenvalue weighted by Crippen LogP contribution is 2.49. The molecule has 1 aliphatic heterocycles. The normalized spacial score (nSPS) is 18.1. The number of carbonyl (C=O) groups is 2. The lowest BCUT2D eigenvalue weighted by molar-refractivity contribution is -0.116. The minimum absolute atomic E-state index is 0.107. The highest BCUT2D eigenvalue weighted by molar-refractivity contribution is 6.11. The Labute approximate surface area is 179 Å². The van der Waals surface area contributed by atoms with Crippen LogP contribution in [0.1, 0.15) is 57.5 Å².